The molecule has 1 saturated heterocycles. The number of carboxylic acid groups (broad SMARTS) is 1. The Balaban J connectivity index is 2.38. The lowest BCUT2D eigenvalue weighted by molar-refractivity contribution is -0.142. The van der Waals surface area contributed by atoms with Gasteiger partial charge in [0.1, 0.15) is 0 Å². The number of aryl methyl sites for hydroxylation is 1. The molecule has 1 fully saturated rings. The predicted octanol–water partition coefficient (Wildman–Crippen LogP) is 0.349. The fraction of sp³-hybridized carbons (Fsp3) is 0.615. The number of carbonyl (C=O) groups is 2. The highest BCUT2D eigenvalue weighted by atomic mass is 16.5. The van der Waals surface area contributed by atoms with Crippen LogP contribution in [0.3, 0.4) is 0 Å². The van der Waals surface area contributed by atoms with Crippen molar-refractivity contribution in [3.05, 3.63) is 17.5 Å². The van der Waals surface area contributed by atoms with Crippen LogP contribution in [0, 0.1) is 12.8 Å². The molecule has 7 nitrogen and oxygen atoms in total. The summed E-state index contributed by atoms with van der Waals surface area (Å²) in [6.45, 7) is 2.64. The lowest BCUT2D eigenvalue weighted by Crippen LogP contribution is -2.33. The summed E-state index contributed by atoms with van der Waals surface area (Å²) in [5.74, 6) is -1.84. The predicted molar refractivity (Wildman–Crippen MR) is 70.0 cm³/mol. The summed E-state index contributed by atoms with van der Waals surface area (Å²) in [4.78, 5) is 25.1. The molecule has 1 aliphatic heterocycles. The zero-order valence-electron chi connectivity index (χ0n) is 11.9. The number of nitrogens with zero attached hydrogens (tertiary/aromatic N) is 3. The molecule has 0 aliphatic carbocycles. The highest BCUT2D eigenvalue weighted by Crippen LogP contribution is 2.39. The first-order valence-corrected chi connectivity index (χ1v) is 6.47. The summed E-state index contributed by atoms with van der Waals surface area (Å²) < 4.78 is 6.69. The van der Waals surface area contributed by atoms with Crippen LogP contribution in [0.15, 0.2) is 6.20 Å². The van der Waals surface area contributed by atoms with Crippen molar-refractivity contribution in [2.75, 3.05) is 20.3 Å². The molecule has 0 bridgehead atoms. The van der Waals surface area contributed by atoms with Crippen molar-refractivity contribution in [1.29, 1.82) is 0 Å². The van der Waals surface area contributed by atoms with E-state index in [2.05, 4.69) is 5.10 Å². The topological polar surface area (TPSA) is 84.7 Å². The normalized spacial score (nSPS) is 22.6. The summed E-state index contributed by atoms with van der Waals surface area (Å²) in [6, 6.07) is -0.469. The molecule has 20 heavy (non-hydrogen) atoms. The second kappa shape index (κ2) is 5.62. The summed E-state index contributed by atoms with van der Waals surface area (Å²) in [6.07, 6.45) is 1.67. The maximum atomic E-state index is 12.1. The Kier molecular flexibility index (Phi) is 4.08. The van der Waals surface area contributed by atoms with Crippen LogP contribution in [0.1, 0.15) is 23.7 Å². The number of aromatic nitrogens is 2. The highest BCUT2D eigenvalue weighted by Gasteiger charge is 2.45. The lowest BCUT2D eigenvalue weighted by Gasteiger charge is -2.26. The molecule has 2 atom stereocenters. The zero-order chi connectivity index (χ0) is 14.9. The molecule has 1 amide bonds. The molecule has 7 heteroatoms. The van der Waals surface area contributed by atoms with Gasteiger partial charge in [0, 0.05) is 38.4 Å². The Bertz CT molecular complexity index is 526. The summed E-state index contributed by atoms with van der Waals surface area (Å²) in [5.41, 5.74) is 1.67. The van der Waals surface area contributed by atoms with E-state index in [4.69, 9.17) is 4.74 Å². The Morgan fingerprint density at radius 2 is 2.30 bits per heavy atom. The van der Waals surface area contributed by atoms with Crippen LogP contribution in [-0.2, 0) is 21.4 Å². The van der Waals surface area contributed by atoms with Gasteiger partial charge in [0.2, 0.25) is 5.91 Å². The van der Waals surface area contributed by atoms with Crippen LogP contribution in [0.25, 0.3) is 0 Å². The molecule has 2 heterocycles. The lowest BCUT2D eigenvalue weighted by atomic mass is 9.94. The van der Waals surface area contributed by atoms with E-state index in [0.717, 1.165) is 11.3 Å². The average molecular weight is 281 g/mol. The van der Waals surface area contributed by atoms with Gasteiger partial charge in [-0.25, -0.2) is 0 Å². The third-order valence-corrected chi connectivity index (χ3v) is 3.88. The second-order valence-corrected chi connectivity index (χ2v) is 4.98. The van der Waals surface area contributed by atoms with Crippen LogP contribution in [-0.4, -0.2) is 51.9 Å². The van der Waals surface area contributed by atoms with E-state index in [1.807, 2.05) is 6.92 Å². The summed E-state index contributed by atoms with van der Waals surface area (Å²) >= 11 is 0. The van der Waals surface area contributed by atoms with Gasteiger partial charge < -0.3 is 14.7 Å². The molecular weight excluding hydrogens is 262 g/mol. The van der Waals surface area contributed by atoms with E-state index in [-0.39, 0.29) is 12.3 Å². The van der Waals surface area contributed by atoms with Crippen molar-refractivity contribution in [2.45, 2.75) is 19.4 Å². The largest absolute Gasteiger partial charge is 0.481 e. The molecule has 1 aromatic rings. The maximum Gasteiger partial charge on any atom is 0.309 e. The van der Waals surface area contributed by atoms with E-state index in [0.29, 0.717) is 13.2 Å². The number of methoxy groups -OCH3 is 1. The SMILES string of the molecule is COCCN1C(=O)C[C@@H](C(=O)O)[C@H]1c1cnn(C)c1C. The summed E-state index contributed by atoms with van der Waals surface area (Å²) in [5, 5.41) is 13.5. The van der Waals surface area contributed by atoms with Crippen molar-refractivity contribution in [2.24, 2.45) is 13.0 Å². The van der Waals surface area contributed by atoms with Gasteiger partial charge in [-0.2, -0.15) is 5.10 Å². The first-order chi connectivity index (χ1) is 9.47. The van der Waals surface area contributed by atoms with E-state index in [1.54, 1.807) is 29.9 Å². The van der Waals surface area contributed by atoms with Crippen molar-refractivity contribution in [3.8, 4) is 0 Å². The molecule has 1 N–H and O–H groups in total. The molecule has 0 aromatic carbocycles. The van der Waals surface area contributed by atoms with Crippen molar-refractivity contribution >= 4 is 11.9 Å². The number of hydrogen-bond donors (Lipinski definition) is 1. The van der Waals surface area contributed by atoms with Crippen molar-refractivity contribution in [3.63, 3.8) is 0 Å². The van der Waals surface area contributed by atoms with E-state index in [1.165, 1.54) is 0 Å². The number of likely N-dealkylation sites (tertiary alicyclic amines) is 1. The molecule has 0 radical (unpaired) electrons. The standard InChI is InChI=1S/C13H19N3O4/c1-8-10(7-14-15(8)2)12-9(13(18)19)6-11(17)16(12)4-5-20-3/h7,9,12H,4-6H2,1-3H3,(H,18,19)/t9-,12+/m1/s1. The van der Waals surface area contributed by atoms with Gasteiger partial charge in [-0.3, -0.25) is 14.3 Å². The fourth-order valence-corrected chi connectivity index (χ4v) is 2.66. The van der Waals surface area contributed by atoms with E-state index >= 15 is 0 Å². The molecule has 1 aliphatic rings. The van der Waals surface area contributed by atoms with Crippen LogP contribution in [0.4, 0.5) is 0 Å². The second-order valence-electron chi connectivity index (χ2n) is 4.98. The van der Waals surface area contributed by atoms with Crippen LogP contribution >= 0.6 is 0 Å². The minimum absolute atomic E-state index is 0.0258. The van der Waals surface area contributed by atoms with Gasteiger partial charge in [-0.15, -0.1) is 0 Å². The number of hydrogen-bond acceptors (Lipinski definition) is 4. The minimum atomic E-state index is -0.952. The third kappa shape index (κ3) is 2.40. The van der Waals surface area contributed by atoms with E-state index in [9.17, 15) is 14.7 Å². The van der Waals surface area contributed by atoms with Gasteiger partial charge in [-0.05, 0) is 6.92 Å². The van der Waals surface area contributed by atoms with Crippen molar-refractivity contribution < 1.29 is 19.4 Å². The molecule has 110 valence electrons. The zero-order valence-corrected chi connectivity index (χ0v) is 11.9. The minimum Gasteiger partial charge on any atom is -0.481 e. The molecular formula is C13H19N3O4. The summed E-state index contributed by atoms with van der Waals surface area (Å²) in [7, 11) is 3.35. The number of aliphatic carboxylic acids is 1. The first kappa shape index (κ1) is 14.5. The monoisotopic (exact) mass is 281 g/mol. The fourth-order valence-electron chi connectivity index (χ4n) is 2.66. The highest BCUT2D eigenvalue weighted by molar-refractivity contribution is 5.87. The molecule has 0 spiro atoms. The van der Waals surface area contributed by atoms with Crippen molar-refractivity contribution in [1.82, 2.24) is 14.7 Å². The molecule has 0 unspecified atom stereocenters. The molecule has 2 rings (SSSR count). The number of carboxylic acids is 1. The quantitative estimate of drug-likeness (QED) is 0.841. The van der Waals surface area contributed by atoms with Gasteiger partial charge in [0.15, 0.2) is 0 Å². The Hall–Kier alpha value is -1.89. The van der Waals surface area contributed by atoms with Gasteiger partial charge in [0.25, 0.3) is 0 Å². The van der Waals surface area contributed by atoms with Crippen LogP contribution in [0.5, 0.6) is 0 Å². The number of ether oxygens (including phenoxy) is 1. The first-order valence-electron chi connectivity index (χ1n) is 6.47. The van der Waals surface area contributed by atoms with Gasteiger partial charge in [-0.1, -0.05) is 0 Å². The maximum absolute atomic E-state index is 12.1. The molecule has 0 saturated carbocycles. The van der Waals surface area contributed by atoms with Gasteiger partial charge >= 0.3 is 5.97 Å². The van der Waals surface area contributed by atoms with E-state index < -0.39 is 17.9 Å². The number of rotatable bonds is 5. The third-order valence-electron chi connectivity index (χ3n) is 3.88. The smallest absolute Gasteiger partial charge is 0.309 e. The Morgan fingerprint density at radius 3 is 2.80 bits per heavy atom. The molecule has 1 aromatic heterocycles. The number of carbonyl (C=O) groups excluding carboxylic acids is 1. The Morgan fingerprint density at radius 1 is 1.60 bits per heavy atom. The van der Waals surface area contributed by atoms with Crippen LogP contribution in [0.2, 0.25) is 0 Å². The number of amides is 1. The Labute approximate surface area is 117 Å². The average Bonchev–Trinajstić information content (AvgIpc) is 2.89. The van der Waals surface area contributed by atoms with Crippen LogP contribution < -0.4 is 0 Å². The van der Waals surface area contributed by atoms with Gasteiger partial charge in [0.05, 0.1) is 24.8 Å².